The second-order valence-electron chi connectivity index (χ2n) is 4.92. The maximum absolute atomic E-state index is 11.5. The highest BCUT2D eigenvalue weighted by Gasteiger charge is 2.01. The molecule has 0 aromatic rings. The average molecular weight is 295 g/mol. The lowest BCUT2D eigenvalue weighted by Crippen LogP contribution is -2.33. The molecule has 0 aromatic heterocycles. The molecule has 0 rings (SSSR count). The van der Waals surface area contributed by atoms with Gasteiger partial charge in [-0.05, 0) is 26.2 Å². The van der Waals surface area contributed by atoms with Gasteiger partial charge in [0, 0.05) is 25.7 Å². The Morgan fingerprint density at radius 3 is 2.29 bits per heavy atom. The third-order valence-electron chi connectivity index (χ3n) is 3.03. The summed E-state index contributed by atoms with van der Waals surface area (Å²) >= 11 is 0. The number of nitrogens with one attached hydrogen (secondary N) is 2. The molecule has 0 bridgehead atoms. The number of unbranched alkanes of at least 4 members (excludes halogenated alkanes) is 6. The molecule has 21 heavy (non-hydrogen) atoms. The average Bonchev–Trinajstić information content (AvgIpc) is 2.47. The van der Waals surface area contributed by atoms with Crippen molar-refractivity contribution in [3.63, 3.8) is 0 Å². The van der Waals surface area contributed by atoms with Crippen molar-refractivity contribution >= 4 is 18.2 Å². The molecule has 0 spiro atoms. The Balaban J connectivity index is 3.31. The number of nitrogens with zero attached hydrogens (tertiary/aromatic N) is 1. The van der Waals surface area contributed by atoms with Crippen molar-refractivity contribution in [3.05, 3.63) is 12.7 Å². The number of amides is 3. The number of carbonyl (C=O) groups excluding carboxylic acids is 2. The monoisotopic (exact) mass is 295 g/mol. The minimum atomic E-state index is -0.372. The van der Waals surface area contributed by atoms with Crippen molar-refractivity contribution in [1.82, 2.24) is 10.6 Å². The zero-order chi connectivity index (χ0) is 15.8. The van der Waals surface area contributed by atoms with Gasteiger partial charge in [-0.1, -0.05) is 31.8 Å². The molecule has 0 saturated carbocycles. The molecule has 0 radical (unpaired) electrons. The molecule has 0 atom stereocenters. The number of allylic oxidation sites excluding steroid dienone is 1. The topological polar surface area (TPSA) is 70.6 Å². The van der Waals surface area contributed by atoms with Gasteiger partial charge in [-0.2, -0.15) is 0 Å². The molecular weight excluding hydrogens is 266 g/mol. The first-order valence-electron chi connectivity index (χ1n) is 7.84. The van der Waals surface area contributed by atoms with Crippen LogP contribution in [0.2, 0.25) is 0 Å². The highest BCUT2D eigenvalue weighted by atomic mass is 16.2. The van der Waals surface area contributed by atoms with E-state index in [0.717, 1.165) is 19.3 Å². The molecule has 5 heteroatoms. The Kier molecular flexibility index (Phi) is 13.6. The van der Waals surface area contributed by atoms with Gasteiger partial charge < -0.3 is 10.6 Å². The zero-order valence-electron chi connectivity index (χ0n) is 13.2. The van der Waals surface area contributed by atoms with E-state index in [0.29, 0.717) is 19.5 Å². The van der Waals surface area contributed by atoms with Gasteiger partial charge in [-0.15, -0.1) is 6.58 Å². The van der Waals surface area contributed by atoms with Crippen LogP contribution in [0, 0.1) is 0 Å². The summed E-state index contributed by atoms with van der Waals surface area (Å²) in [5.41, 5.74) is 0. The Labute approximate surface area is 128 Å². The highest BCUT2D eigenvalue weighted by Crippen LogP contribution is 2.08. The lowest BCUT2D eigenvalue weighted by atomic mass is 10.1. The summed E-state index contributed by atoms with van der Waals surface area (Å²) < 4.78 is 0. The van der Waals surface area contributed by atoms with Gasteiger partial charge >= 0.3 is 6.03 Å². The van der Waals surface area contributed by atoms with Crippen LogP contribution in [0.15, 0.2) is 17.6 Å². The molecule has 0 heterocycles. The lowest BCUT2D eigenvalue weighted by molar-refractivity contribution is -0.121. The van der Waals surface area contributed by atoms with E-state index in [2.05, 4.69) is 22.2 Å². The first kappa shape index (κ1) is 19.4. The van der Waals surface area contributed by atoms with E-state index in [9.17, 15) is 9.59 Å². The number of urea groups is 1. The van der Waals surface area contributed by atoms with Crippen molar-refractivity contribution in [2.75, 3.05) is 13.1 Å². The van der Waals surface area contributed by atoms with Crippen LogP contribution in [-0.2, 0) is 4.79 Å². The Morgan fingerprint density at radius 2 is 1.62 bits per heavy atom. The van der Waals surface area contributed by atoms with Crippen molar-refractivity contribution in [2.24, 2.45) is 4.99 Å². The van der Waals surface area contributed by atoms with E-state index >= 15 is 0 Å². The van der Waals surface area contributed by atoms with E-state index in [4.69, 9.17) is 0 Å². The molecule has 5 nitrogen and oxygen atoms in total. The third kappa shape index (κ3) is 14.6. The summed E-state index contributed by atoms with van der Waals surface area (Å²) in [5.74, 6) is 0.0508. The fraction of sp³-hybridized carbons (Fsp3) is 0.688. The van der Waals surface area contributed by atoms with Gasteiger partial charge in [-0.25, -0.2) is 9.79 Å². The van der Waals surface area contributed by atoms with Crippen molar-refractivity contribution in [1.29, 1.82) is 0 Å². The minimum Gasteiger partial charge on any atom is -0.354 e. The molecular formula is C16H29N3O2. The first-order valence-corrected chi connectivity index (χ1v) is 7.84. The Morgan fingerprint density at radius 1 is 1.00 bits per heavy atom. The molecule has 3 amide bonds. The molecule has 0 aliphatic heterocycles. The van der Waals surface area contributed by atoms with Gasteiger partial charge in [0.15, 0.2) is 0 Å². The molecule has 0 saturated heterocycles. The highest BCUT2D eigenvalue weighted by molar-refractivity contribution is 5.82. The summed E-state index contributed by atoms with van der Waals surface area (Å²) in [7, 11) is 0. The molecule has 120 valence electrons. The number of hydrogen-bond donors (Lipinski definition) is 2. The summed E-state index contributed by atoms with van der Waals surface area (Å²) in [6.07, 6.45) is 12.0. The molecule has 0 fully saturated rings. The lowest BCUT2D eigenvalue weighted by Gasteiger charge is -2.05. The van der Waals surface area contributed by atoms with Crippen LogP contribution >= 0.6 is 0 Å². The van der Waals surface area contributed by atoms with Crippen molar-refractivity contribution < 1.29 is 9.59 Å². The fourth-order valence-electron chi connectivity index (χ4n) is 1.90. The van der Waals surface area contributed by atoms with E-state index in [1.807, 2.05) is 6.08 Å². The van der Waals surface area contributed by atoms with Crippen molar-refractivity contribution in [2.45, 2.75) is 58.3 Å². The van der Waals surface area contributed by atoms with Crippen LogP contribution in [0.1, 0.15) is 58.3 Å². The van der Waals surface area contributed by atoms with Crippen LogP contribution in [0.25, 0.3) is 0 Å². The summed E-state index contributed by atoms with van der Waals surface area (Å²) in [4.78, 5) is 26.1. The summed E-state index contributed by atoms with van der Waals surface area (Å²) in [6.45, 7) is 6.24. The first-order chi connectivity index (χ1) is 10.2. The number of rotatable bonds is 12. The second-order valence-corrected chi connectivity index (χ2v) is 4.92. The maximum Gasteiger partial charge on any atom is 0.340 e. The maximum atomic E-state index is 11.5. The predicted octanol–water partition coefficient (Wildman–Crippen LogP) is 3.21. The summed E-state index contributed by atoms with van der Waals surface area (Å²) in [6, 6.07) is -0.372. The minimum absolute atomic E-state index is 0.0508. The normalized spacial score (nSPS) is 10.5. The van der Waals surface area contributed by atoms with E-state index in [1.54, 1.807) is 6.92 Å². The van der Waals surface area contributed by atoms with Crippen LogP contribution in [0.3, 0.4) is 0 Å². The van der Waals surface area contributed by atoms with Gasteiger partial charge in [0.05, 0.1) is 0 Å². The second kappa shape index (κ2) is 14.8. The van der Waals surface area contributed by atoms with Crippen LogP contribution in [0.4, 0.5) is 4.79 Å². The van der Waals surface area contributed by atoms with E-state index in [1.165, 1.54) is 31.9 Å². The number of aliphatic imine (C=N–C) groups is 1. The van der Waals surface area contributed by atoms with Crippen LogP contribution < -0.4 is 10.6 Å². The van der Waals surface area contributed by atoms with Crippen molar-refractivity contribution in [3.8, 4) is 0 Å². The molecule has 0 aliphatic rings. The molecule has 0 aromatic carbocycles. The predicted molar refractivity (Wildman–Crippen MR) is 87.7 cm³/mol. The Bertz CT molecular complexity index is 327. The molecule has 0 aliphatic carbocycles. The van der Waals surface area contributed by atoms with Gasteiger partial charge in [0.1, 0.15) is 0 Å². The van der Waals surface area contributed by atoms with Gasteiger partial charge in [-0.3, -0.25) is 4.79 Å². The van der Waals surface area contributed by atoms with Gasteiger partial charge in [0.2, 0.25) is 5.91 Å². The fourth-order valence-corrected chi connectivity index (χ4v) is 1.90. The number of hydrogen-bond acceptors (Lipinski definition) is 2. The Hall–Kier alpha value is -1.65. The smallest absolute Gasteiger partial charge is 0.340 e. The standard InChI is InChI=1S/C16H29N3O2/c1-3-5-6-7-8-9-10-11-12-15(20)18-13-14-19-16(21)17-4-2/h3-4H,1,5-14H2,2H3,(H,18,20)(H,19,21). The number of carbonyl (C=O) groups is 2. The largest absolute Gasteiger partial charge is 0.354 e. The SMILES string of the molecule is C=CCCCCCCCCC(=O)NCCNC(=O)N=CC. The third-order valence-corrected chi connectivity index (χ3v) is 3.03. The quantitative estimate of drug-likeness (QED) is 0.330. The van der Waals surface area contributed by atoms with Crippen LogP contribution in [-0.4, -0.2) is 31.2 Å². The van der Waals surface area contributed by atoms with E-state index in [-0.39, 0.29) is 11.9 Å². The molecule has 2 N–H and O–H groups in total. The van der Waals surface area contributed by atoms with Gasteiger partial charge in [0.25, 0.3) is 0 Å². The van der Waals surface area contributed by atoms with Crippen LogP contribution in [0.5, 0.6) is 0 Å². The summed E-state index contributed by atoms with van der Waals surface area (Å²) in [5, 5.41) is 5.36. The molecule has 0 unspecified atom stereocenters. The zero-order valence-corrected chi connectivity index (χ0v) is 13.2. The van der Waals surface area contributed by atoms with E-state index < -0.39 is 0 Å².